The molecule has 0 aliphatic carbocycles. The molecule has 0 amide bonds. The molecule has 0 bridgehead atoms. The maximum Gasteiger partial charge on any atom is 0.229 e. The van der Waals surface area contributed by atoms with Crippen LogP contribution in [0.5, 0.6) is 0 Å². The third-order valence-corrected chi connectivity index (χ3v) is 2.05. The fraction of sp³-hybridized carbons (Fsp3) is 0.333. The summed E-state index contributed by atoms with van der Waals surface area (Å²) >= 11 is 0. The molecule has 0 spiro atoms. The Hall–Kier alpha value is -1.03. The first kappa shape index (κ1) is 10.1. The van der Waals surface area contributed by atoms with E-state index in [2.05, 4.69) is 10.8 Å². The standard InChI is InChI=1S/C9H12NO2S/c1-7-4-8(2)6-9(5-7)10-13(3,11)12/h5-6,10H,1-3H3. The third-order valence-electron chi connectivity index (χ3n) is 1.44. The highest BCUT2D eigenvalue weighted by molar-refractivity contribution is 7.92. The minimum Gasteiger partial charge on any atom is -0.284 e. The maximum absolute atomic E-state index is 10.9. The van der Waals surface area contributed by atoms with Crippen LogP contribution >= 0.6 is 0 Å². The average molecular weight is 198 g/mol. The van der Waals surface area contributed by atoms with Crippen LogP contribution in [0.2, 0.25) is 0 Å². The van der Waals surface area contributed by atoms with E-state index < -0.39 is 10.0 Å². The number of hydrogen-bond donors (Lipinski definition) is 1. The number of aryl methyl sites for hydroxylation is 2. The Morgan fingerprint density at radius 3 is 2.08 bits per heavy atom. The lowest BCUT2D eigenvalue weighted by atomic mass is 10.1. The molecule has 1 N–H and O–H groups in total. The zero-order valence-electron chi connectivity index (χ0n) is 7.88. The second-order valence-electron chi connectivity index (χ2n) is 3.11. The summed E-state index contributed by atoms with van der Waals surface area (Å²) in [5.74, 6) is 0. The van der Waals surface area contributed by atoms with Gasteiger partial charge in [-0.05, 0) is 43.2 Å². The summed E-state index contributed by atoms with van der Waals surface area (Å²) in [5, 5.41) is 0. The Balaban J connectivity index is 3.03. The Kier molecular flexibility index (Phi) is 2.61. The van der Waals surface area contributed by atoms with Gasteiger partial charge >= 0.3 is 0 Å². The van der Waals surface area contributed by atoms with Gasteiger partial charge in [0.1, 0.15) is 0 Å². The average Bonchev–Trinajstić information content (AvgIpc) is 1.78. The van der Waals surface area contributed by atoms with Gasteiger partial charge in [0, 0.05) is 5.69 Å². The summed E-state index contributed by atoms with van der Waals surface area (Å²) in [5.41, 5.74) is 2.44. The minimum atomic E-state index is -3.17. The molecule has 1 aromatic rings. The van der Waals surface area contributed by atoms with Crippen LogP contribution in [0.4, 0.5) is 5.69 Å². The molecule has 0 aliphatic rings. The molecule has 0 aliphatic heterocycles. The summed E-state index contributed by atoms with van der Waals surface area (Å²) in [6, 6.07) is 6.55. The van der Waals surface area contributed by atoms with Gasteiger partial charge in [-0.15, -0.1) is 0 Å². The second kappa shape index (κ2) is 3.38. The van der Waals surface area contributed by atoms with Crippen molar-refractivity contribution in [1.82, 2.24) is 0 Å². The smallest absolute Gasteiger partial charge is 0.229 e. The van der Waals surface area contributed by atoms with Gasteiger partial charge in [-0.1, -0.05) is 0 Å². The molecule has 1 rings (SSSR count). The Bertz CT molecular complexity index is 389. The molecule has 0 saturated carbocycles. The lowest BCUT2D eigenvalue weighted by Crippen LogP contribution is -2.09. The molecule has 1 radical (unpaired) electrons. The highest BCUT2D eigenvalue weighted by Crippen LogP contribution is 2.13. The highest BCUT2D eigenvalue weighted by Gasteiger charge is 2.02. The van der Waals surface area contributed by atoms with Gasteiger partial charge in [-0.3, -0.25) is 4.72 Å². The third kappa shape index (κ3) is 3.46. The van der Waals surface area contributed by atoms with Crippen LogP contribution in [-0.4, -0.2) is 14.7 Å². The van der Waals surface area contributed by atoms with Crippen LogP contribution in [0.3, 0.4) is 0 Å². The van der Waals surface area contributed by atoms with E-state index in [0.717, 1.165) is 17.4 Å². The topological polar surface area (TPSA) is 46.2 Å². The largest absolute Gasteiger partial charge is 0.284 e. The van der Waals surface area contributed by atoms with E-state index in [0.29, 0.717) is 5.69 Å². The van der Waals surface area contributed by atoms with Crippen molar-refractivity contribution in [3.63, 3.8) is 0 Å². The summed E-state index contributed by atoms with van der Waals surface area (Å²) in [6.45, 7) is 3.75. The van der Waals surface area contributed by atoms with E-state index in [-0.39, 0.29) is 0 Å². The van der Waals surface area contributed by atoms with Crippen molar-refractivity contribution in [2.75, 3.05) is 11.0 Å². The fourth-order valence-electron chi connectivity index (χ4n) is 1.16. The number of anilines is 1. The van der Waals surface area contributed by atoms with Gasteiger partial charge < -0.3 is 0 Å². The predicted octanol–water partition coefficient (Wildman–Crippen LogP) is 1.48. The molecular weight excluding hydrogens is 186 g/mol. The van der Waals surface area contributed by atoms with Crippen molar-refractivity contribution in [3.8, 4) is 0 Å². The normalized spacial score (nSPS) is 11.3. The quantitative estimate of drug-likeness (QED) is 0.782. The summed E-state index contributed by atoms with van der Waals surface area (Å²) in [4.78, 5) is 0. The molecule has 0 heterocycles. The zero-order valence-corrected chi connectivity index (χ0v) is 8.70. The lowest BCUT2D eigenvalue weighted by molar-refractivity contribution is 0.607. The second-order valence-corrected chi connectivity index (χ2v) is 4.86. The highest BCUT2D eigenvalue weighted by atomic mass is 32.2. The van der Waals surface area contributed by atoms with Crippen LogP contribution in [0.15, 0.2) is 12.1 Å². The van der Waals surface area contributed by atoms with Crippen molar-refractivity contribution in [2.24, 2.45) is 0 Å². The molecule has 13 heavy (non-hydrogen) atoms. The SMILES string of the molecule is Cc1[c]c(C)cc(NS(C)(=O)=O)c1. The van der Waals surface area contributed by atoms with Gasteiger partial charge in [0.05, 0.1) is 6.26 Å². The van der Waals surface area contributed by atoms with Crippen molar-refractivity contribution >= 4 is 15.7 Å². The monoisotopic (exact) mass is 198 g/mol. The van der Waals surface area contributed by atoms with Crippen LogP contribution in [0, 0.1) is 19.9 Å². The van der Waals surface area contributed by atoms with Crippen LogP contribution in [0.25, 0.3) is 0 Å². The predicted molar refractivity (Wildman–Crippen MR) is 53.2 cm³/mol. The zero-order chi connectivity index (χ0) is 10.1. The fourth-order valence-corrected chi connectivity index (χ4v) is 1.71. The molecular formula is C9H12NO2S. The van der Waals surface area contributed by atoms with Crippen LogP contribution in [-0.2, 0) is 10.0 Å². The van der Waals surface area contributed by atoms with Crippen LogP contribution < -0.4 is 4.72 Å². The first-order valence-electron chi connectivity index (χ1n) is 3.85. The number of nitrogens with one attached hydrogen (secondary N) is 1. The van der Waals surface area contributed by atoms with E-state index in [4.69, 9.17) is 0 Å². The molecule has 0 saturated heterocycles. The van der Waals surface area contributed by atoms with Gasteiger partial charge in [-0.25, -0.2) is 8.42 Å². The van der Waals surface area contributed by atoms with Crippen molar-refractivity contribution in [2.45, 2.75) is 13.8 Å². The van der Waals surface area contributed by atoms with Crippen molar-refractivity contribution in [1.29, 1.82) is 0 Å². The van der Waals surface area contributed by atoms with E-state index in [1.807, 2.05) is 13.8 Å². The molecule has 4 heteroatoms. The molecule has 0 fully saturated rings. The number of benzene rings is 1. The molecule has 0 unspecified atom stereocenters. The van der Waals surface area contributed by atoms with Crippen molar-refractivity contribution in [3.05, 3.63) is 29.3 Å². The van der Waals surface area contributed by atoms with Gasteiger partial charge in [-0.2, -0.15) is 0 Å². The van der Waals surface area contributed by atoms with Gasteiger partial charge in [0.2, 0.25) is 10.0 Å². The van der Waals surface area contributed by atoms with E-state index >= 15 is 0 Å². The summed E-state index contributed by atoms with van der Waals surface area (Å²) in [6.07, 6.45) is 1.13. The molecule has 71 valence electrons. The number of sulfonamides is 1. The number of hydrogen-bond acceptors (Lipinski definition) is 2. The molecule has 0 aromatic heterocycles. The maximum atomic E-state index is 10.9. The van der Waals surface area contributed by atoms with Gasteiger partial charge in [0.15, 0.2) is 0 Å². The Morgan fingerprint density at radius 1 is 1.23 bits per heavy atom. The van der Waals surface area contributed by atoms with E-state index in [1.165, 1.54) is 0 Å². The Morgan fingerprint density at radius 2 is 1.69 bits per heavy atom. The van der Waals surface area contributed by atoms with Crippen LogP contribution in [0.1, 0.15) is 11.1 Å². The van der Waals surface area contributed by atoms with Crippen molar-refractivity contribution < 1.29 is 8.42 Å². The molecule has 3 nitrogen and oxygen atoms in total. The minimum absolute atomic E-state index is 0.594. The lowest BCUT2D eigenvalue weighted by Gasteiger charge is -2.05. The Labute approximate surface area is 78.8 Å². The first-order valence-corrected chi connectivity index (χ1v) is 5.74. The summed E-state index contributed by atoms with van der Waals surface area (Å²) in [7, 11) is -3.17. The number of rotatable bonds is 2. The molecule has 0 atom stereocenters. The first-order chi connectivity index (χ1) is 5.87. The molecule has 1 aromatic carbocycles. The van der Waals surface area contributed by atoms with E-state index in [1.54, 1.807) is 12.1 Å². The summed E-state index contributed by atoms with van der Waals surface area (Å²) < 4.78 is 24.2. The van der Waals surface area contributed by atoms with Gasteiger partial charge in [0.25, 0.3) is 0 Å². The van der Waals surface area contributed by atoms with E-state index in [9.17, 15) is 8.42 Å².